The van der Waals surface area contributed by atoms with Gasteiger partial charge in [-0.1, -0.05) is 12.1 Å². The van der Waals surface area contributed by atoms with Gasteiger partial charge >= 0.3 is 0 Å². The molecule has 0 saturated carbocycles. The Balaban J connectivity index is 1.88. The van der Waals surface area contributed by atoms with Gasteiger partial charge in [-0.3, -0.25) is 5.10 Å². The molecule has 0 fully saturated rings. The summed E-state index contributed by atoms with van der Waals surface area (Å²) in [5.74, 6) is 0.605. The van der Waals surface area contributed by atoms with Crippen LogP contribution in [0.3, 0.4) is 0 Å². The molecule has 0 spiro atoms. The van der Waals surface area contributed by atoms with Crippen LogP contribution >= 0.6 is 0 Å². The Bertz CT molecular complexity index is 787. The average molecular weight is 286 g/mol. The number of benzene rings is 1. The van der Waals surface area contributed by atoms with E-state index in [-0.39, 0.29) is 11.8 Å². The summed E-state index contributed by atoms with van der Waals surface area (Å²) in [7, 11) is 0. The number of aryl methyl sites for hydroxylation is 2. The second-order valence-corrected chi connectivity index (χ2v) is 4.96. The maximum absolute atomic E-state index is 13.6. The van der Waals surface area contributed by atoms with Crippen LogP contribution in [0.25, 0.3) is 11.0 Å². The monoisotopic (exact) mass is 286 g/mol. The summed E-state index contributed by atoms with van der Waals surface area (Å²) in [4.78, 5) is 8.22. The fourth-order valence-corrected chi connectivity index (χ4v) is 2.31. The van der Waals surface area contributed by atoms with Gasteiger partial charge in [0, 0.05) is 6.54 Å². The van der Waals surface area contributed by atoms with Gasteiger partial charge in [0.2, 0.25) is 5.95 Å². The first-order valence-electron chi connectivity index (χ1n) is 6.50. The van der Waals surface area contributed by atoms with Crippen LogP contribution in [0.2, 0.25) is 0 Å². The van der Waals surface area contributed by atoms with Gasteiger partial charge in [0.25, 0.3) is 0 Å². The highest BCUT2D eigenvalue weighted by Gasteiger charge is 2.09. The number of aromatic amines is 1. The van der Waals surface area contributed by atoms with Crippen LogP contribution in [0.15, 0.2) is 18.3 Å². The van der Waals surface area contributed by atoms with E-state index in [9.17, 15) is 4.39 Å². The van der Waals surface area contributed by atoms with Gasteiger partial charge in [-0.2, -0.15) is 15.1 Å². The first kappa shape index (κ1) is 13.3. The Labute approximate surface area is 120 Å². The third-order valence-electron chi connectivity index (χ3n) is 3.28. The Hall–Kier alpha value is -2.70. The highest BCUT2D eigenvalue weighted by Crippen LogP contribution is 2.20. The first-order chi connectivity index (χ1) is 10.0. The second-order valence-electron chi connectivity index (χ2n) is 4.96. The zero-order valence-electron chi connectivity index (χ0n) is 11.7. The number of nitrogen functional groups attached to an aromatic ring is 1. The molecule has 7 heteroatoms. The molecule has 2 heterocycles. The van der Waals surface area contributed by atoms with Crippen LogP contribution in [0, 0.1) is 19.7 Å². The maximum atomic E-state index is 13.6. The smallest absolute Gasteiger partial charge is 0.224 e. The SMILES string of the molecule is Cc1cc(CNc2nc(N)nc3[nH]ncc23)cc(C)c1F. The lowest BCUT2D eigenvalue weighted by Gasteiger charge is -2.09. The van der Waals surface area contributed by atoms with Crippen molar-refractivity contribution in [1.29, 1.82) is 0 Å². The predicted octanol–water partition coefficient (Wildman–Crippen LogP) is 2.30. The summed E-state index contributed by atoms with van der Waals surface area (Å²) < 4.78 is 13.6. The average Bonchev–Trinajstić information content (AvgIpc) is 2.90. The summed E-state index contributed by atoms with van der Waals surface area (Å²) in [6.07, 6.45) is 1.64. The van der Waals surface area contributed by atoms with Gasteiger partial charge in [-0.05, 0) is 30.5 Å². The molecule has 1 aromatic carbocycles. The van der Waals surface area contributed by atoms with E-state index < -0.39 is 0 Å². The van der Waals surface area contributed by atoms with Crippen LogP contribution < -0.4 is 11.1 Å². The van der Waals surface area contributed by atoms with Crippen LogP contribution in [0.1, 0.15) is 16.7 Å². The molecule has 0 amide bonds. The Morgan fingerprint density at radius 2 is 1.95 bits per heavy atom. The van der Waals surface area contributed by atoms with E-state index in [1.807, 2.05) is 12.1 Å². The minimum Gasteiger partial charge on any atom is -0.368 e. The van der Waals surface area contributed by atoms with Crippen LogP contribution in [0.5, 0.6) is 0 Å². The lowest BCUT2D eigenvalue weighted by Crippen LogP contribution is -2.06. The van der Waals surface area contributed by atoms with Gasteiger partial charge in [0.15, 0.2) is 5.65 Å². The van der Waals surface area contributed by atoms with E-state index in [1.165, 1.54) is 0 Å². The van der Waals surface area contributed by atoms with Crippen molar-refractivity contribution in [1.82, 2.24) is 20.2 Å². The van der Waals surface area contributed by atoms with E-state index in [4.69, 9.17) is 5.73 Å². The van der Waals surface area contributed by atoms with Crippen molar-refractivity contribution in [3.63, 3.8) is 0 Å². The lowest BCUT2D eigenvalue weighted by molar-refractivity contribution is 0.608. The van der Waals surface area contributed by atoms with E-state index in [0.29, 0.717) is 29.1 Å². The molecule has 0 aliphatic heterocycles. The second kappa shape index (κ2) is 5.01. The molecule has 3 aromatic rings. The van der Waals surface area contributed by atoms with Gasteiger partial charge in [-0.25, -0.2) is 4.39 Å². The van der Waals surface area contributed by atoms with Crippen molar-refractivity contribution in [2.45, 2.75) is 20.4 Å². The number of H-pyrrole nitrogens is 1. The van der Waals surface area contributed by atoms with Crippen molar-refractivity contribution < 1.29 is 4.39 Å². The van der Waals surface area contributed by atoms with Gasteiger partial charge in [0.1, 0.15) is 11.6 Å². The fourth-order valence-electron chi connectivity index (χ4n) is 2.31. The van der Waals surface area contributed by atoms with Crippen molar-refractivity contribution >= 4 is 22.8 Å². The standard InChI is InChI=1S/C14H15FN6/c1-7-3-9(4-8(2)11(7)15)5-17-12-10-6-18-21-13(10)20-14(16)19-12/h3-4,6H,5H2,1-2H3,(H4,16,17,18,19,20,21). The number of hydrogen-bond acceptors (Lipinski definition) is 5. The summed E-state index contributed by atoms with van der Waals surface area (Å²) in [5.41, 5.74) is 8.47. The molecule has 0 bridgehead atoms. The molecule has 0 saturated heterocycles. The highest BCUT2D eigenvalue weighted by molar-refractivity contribution is 5.86. The molecule has 2 aromatic heterocycles. The van der Waals surface area contributed by atoms with Gasteiger partial charge < -0.3 is 11.1 Å². The lowest BCUT2D eigenvalue weighted by atomic mass is 10.1. The maximum Gasteiger partial charge on any atom is 0.224 e. The van der Waals surface area contributed by atoms with Crippen LogP contribution in [-0.4, -0.2) is 20.2 Å². The number of nitrogens with zero attached hydrogens (tertiary/aromatic N) is 3. The number of fused-ring (bicyclic) bond motifs is 1. The van der Waals surface area contributed by atoms with Crippen molar-refractivity contribution in [3.05, 3.63) is 40.8 Å². The number of anilines is 2. The van der Waals surface area contributed by atoms with Crippen molar-refractivity contribution in [2.75, 3.05) is 11.1 Å². The van der Waals surface area contributed by atoms with Crippen molar-refractivity contribution in [3.8, 4) is 0 Å². The number of rotatable bonds is 3. The molecule has 108 valence electrons. The number of nitrogens with two attached hydrogens (primary N) is 1. The van der Waals surface area contributed by atoms with Gasteiger partial charge in [0.05, 0.1) is 11.6 Å². The highest BCUT2D eigenvalue weighted by atomic mass is 19.1. The summed E-state index contributed by atoms with van der Waals surface area (Å²) >= 11 is 0. The molecular formula is C14H15FN6. The molecule has 0 atom stereocenters. The van der Waals surface area contributed by atoms with Gasteiger partial charge in [-0.15, -0.1) is 0 Å². The molecule has 0 unspecified atom stereocenters. The molecule has 0 aliphatic carbocycles. The van der Waals surface area contributed by atoms with Crippen LogP contribution in [0.4, 0.5) is 16.2 Å². The predicted molar refractivity (Wildman–Crippen MR) is 79.3 cm³/mol. The Morgan fingerprint density at radius 1 is 1.24 bits per heavy atom. The third-order valence-corrected chi connectivity index (χ3v) is 3.28. The number of nitrogens with one attached hydrogen (secondary N) is 2. The summed E-state index contributed by atoms with van der Waals surface area (Å²) in [6.45, 7) is 4.02. The van der Waals surface area contributed by atoms with E-state index in [1.54, 1.807) is 20.0 Å². The van der Waals surface area contributed by atoms with Crippen molar-refractivity contribution in [2.24, 2.45) is 0 Å². The molecule has 0 radical (unpaired) electrons. The fraction of sp³-hybridized carbons (Fsp3) is 0.214. The normalized spacial score (nSPS) is 11.0. The quantitative estimate of drug-likeness (QED) is 0.687. The van der Waals surface area contributed by atoms with E-state index in [0.717, 1.165) is 10.9 Å². The molecule has 3 rings (SSSR count). The number of halogens is 1. The largest absolute Gasteiger partial charge is 0.368 e. The molecule has 4 N–H and O–H groups in total. The zero-order chi connectivity index (χ0) is 15.0. The first-order valence-corrected chi connectivity index (χ1v) is 6.50. The minimum atomic E-state index is -0.165. The molecule has 0 aliphatic rings. The minimum absolute atomic E-state index is 0.165. The van der Waals surface area contributed by atoms with Crippen LogP contribution in [-0.2, 0) is 6.54 Å². The zero-order valence-corrected chi connectivity index (χ0v) is 11.7. The van der Waals surface area contributed by atoms with E-state index in [2.05, 4.69) is 25.5 Å². The summed E-state index contributed by atoms with van der Waals surface area (Å²) in [6, 6.07) is 3.62. The third kappa shape index (κ3) is 2.49. The number of hydrogen-bond donors (Lipinski definition) is 3. The summed E-state index contributed by atoms with van der Waals surface area (Å²) in [5, 5.41) is 10.6. The molecule has 6 nitrogen and oxygen atoms in total. The topological polar surface area (TPSA) is 92.5 Å². The Morgan fingerprint density at radius 3 is 2.67 bits per heavy atom. The molecular weight excluding hydrogens is 271 g/mol. The Kier molecular flexibility index (Phi) is 3.17. The molecule has 21 heavy (non-hydrogen) atoms. The number of aromatic nitrogens is 4. The van der Waals surface area contributed by atoms with E-state index >= 15 is 0 Å².